The van der Waals surface area contributed by atoms with Crippen LogP contribution in [0.3, 0.4) is 0 Å². The van der Waals surface area contributed by atoms with E-state index in [9.17, 15) is 13.2 Å². The third-order valence-electron chi connectivity index (χ3n) is 5.64. The van der Waals surface area contributed by atoms with E-state index in [4.69, 9.17) is 0 Å². The van der Waals surface area contributed by atoms with E-state index in [0.717, 1.165) is 36.5 Å². The lowest BCUT2D eigenvalue weighted by atomic mass is 10.1. The molecule has 1 fully saturated rings. The molecular formula is C24H26N2O3S. The molecule has 1 heterocycles. The molecule has 30 heavy (non-hydrogen) atoms. The van der Waals surface area contributed by atoms with Crippen LogP contribution in [0, 0.1) is 6.92 Å². The van der Waals surface area contributed by atoms with Crippen molar-refractivity contribution in [1.82, 2.24) is 4.31 Å². The average Bonchev–Trinajstić information content (AvgIpc) is 3.05. The molecular weight excluding hydrogens is 396 g/mol. The summed E-state index contributed by atoms with van der Waals surface area (Å²) in [5, 5.41) is 4.91. The number of nitrogens with one attached hydrogen (secondary N) is 1. The molecule has 0 atom stereocenters. The highest BCUT2D eigenvalue weighted by Crippen LogP contribution is 2.26. The molecule has 0 unspecified atom stereocenters. The monoisotopic (exact) mass is 422 g/mol. The summed E-state index contributed by atoms with van der Waals surface area (Å²) in [5.74, 6) is -0.261. The van der Waals surface area contributed by atoms with Crippen LogP contribution in [0.1, 0.15) is 41.6 Å². The van der Waals surface area contributed by atoms with Crippen LogP contribution in [0.4, 0.5) is 5.69 Å². The number of carbonyl (C=O) groups is 1. The molecule has 1 aliphatic rings. The van der Waals surface area contributed by atoms with E-state index in [1.807, 2.05) is 36.4 Å². The highest BCUT2D eigenvalue weighted by Gasteiger charge is 2.27. The highest BCUT2D eigenvalue weighted by atomic mass is 32.2. The van der Waals surface area contributed by atoms with E-state index in [2.05, 4.69) is 5.32 Å². The van der Waals surface area contributed by atoms with Gasteiger partial charge in [-0.15, -0.1) is 0 Å². The first kappa shape index (κ1) is 20.6. The molecule has 1 N–H and O–H groups in total. The van der Waals surface area contributed by atoms with Crippen molar-refractivity contribution in [2.45, 2.75) is 37.5 Å². The normalized spacial score (nSPS) is 15.6. The summed E-state index contributed by atoms with van der Waals surface area (Å²) in [4.78, 5) is 13.0. The Hall–Kier alpha value is -2.70. The van der Waals surface area contributed by atoms with Gasteiger partial charge in [0.1, 0.15) is 0 Å². The summed E-state index contributed by atoms with van der Waals surface area (Å²) in [6.45, 7) is 2.89. The fraction of sp³-hybridized carbons (Fsp3) is 0.292. The maximum Gasteiger partial charge on any atom is 0.255 e. The van der Waals surface area contributed by atoms with Gasteiger partial charge in [-0.3, -0.25) is 4.79 Å². The number of benzene rings is 3. The highest BCUT2D eigenvalue weighted by molar-refractivity contribution is 7.89. The van der Waals surface area contributed by atoms with E-state index in [1.165, 1.54) is 0 Å². The van der Waals surface area contributed by atoms with Crippen LogP contribution in [0.15, 0.2) is 65.6 Å². The van der Waals surface area contributed by atoms with Gasteiger partial charge in [-0.05, 0) is 60.4 Å². The molecule has 6 heteroatoms. The van der Waals surface area contributed by atoms with E-state index in [-0.39, 0.29) is 10.8 Å². The summed E-state index contributed by atoms with van der Waals surface area (Å²) >= 11 is 0. The van der Waals surface area contributed by atoms with Gasteiger partial charge in [0, 0.05) is 24.3 Å². The molecule has 0 bridgehead atoms. The Morgan fingerprint density at radius 3 is 2.30 bits per heavy atom. The first-order valence-corrected chi connectivity index (χ1v) is 11.8. The molecule has 0 saturated carbocycles. The Bertz CT molecular complexity index is 1180. The number of amides is 1. The van der Waals surface area contributed by atoms with Crippen molar-refractivity contribution in [2.24, 2.45) is 0 Å². The van der Waals surface area contributed by atoms with E-state index in [1.54, 1.807) is 35.5 Å². The molecule has 3 aromatic rings. The molecule has 0 aliphatic carbocycles. The van der Waals surface area contributed by atoms with Crippen LogP contribution in [-0.4, -0.2) is 31.7 Å². The van der Waals surface area contributed by atoms with Crippen molar-refractivity contribution in [3.05, 3.63) is 71.8 Å². The van der Waals surface area contributed by atoms with Crippen LogP contribution in [-0.2, 0) is 10.0 Å². The van der Waals surface area contributed by atoms with Gasteiger partial charge in [-0.1, -0.05) is 49.2 Å². The van der Waals surface area contributed by atoms with Gasteiger partial charge < -0.3 is 5.32 Å². The summed E-state index contributed by atoms with van der Waals surface area (Å²) in [6.07, 6.45) is 3.90. The van der Waals surface area contributed by atoms with Gasteiger partial charge >= 0.3 is 0 Å². The second-order valence-electron chi connectivity index (χ2n) is 7.81. The summed E-state index contributed by atoms with van der Waals surface area (Å²) < 4.78 is 28.0. The predicted octanol–water partition coefficient (Wildman–Crippen LogP) is 4.97. The van der Waals surface area contributed by atoms with Gasteiger partial charge in [-0.25, -0.2) is 8.42 Å². The largest absolute Gasteiger partial charge is 0.322 e. The third-order valence-corrected chi connectivity index (χ3v) is 7.68. The number of anilines is 1. The van der Waals surface area contributed by atoms with Crippen molar-refractivity contribution in [2.75, 3.05) is 18.4 Å². The topological polar surface area (TPSA) is 66.5 Å². The maximum atomic E-state index is 13.2. The molecule has 1 saturated heterocycles. The molecule has 0 spiro atoms. The smallest absolute Gasteiger partial charge is 0.255 e. The fourth-order valence-electron chi connectivity index (χ4n) is 3.91. The molecule has 3 aromatic carbocycles. The fourth-order valence-corrected chi connectivity index (χ4v) is 5.68. The lowest BCUT2D eigenvalue weighted by Crippen LogP contribution is -2.32. The summed E-state index contributed by atoms with van der Waals surface area (Å²) in [6, 6.07) is 18.5. The van der Waals surface area contributed by atoms with Crippen molar-refractivity contribution in [3.63, 3.8) is 0 Å². The second kappa shape index (κ2) is 8.58. The Kier molecular flexibility index (Phi) is 5.88. The number of sulfonamides is 1. The number of aryl methyl sites for hydroxylation is 1. The SMILES string of the molecule is Cc1ccc(NC(=O)c2ccc3ccccc3c2)cc1S(=O)(=O)N1CCCCCC1. The number of rotatable bonds is 4. The Morgan fingerprint density at radius 1 is 0.867 bits per heavy atom. The van der Waals surface area contributed by atoms with Crippen LogP contribution in [0.2, 0.25) is 0 Å². The number of carbonyl (C=O) groups excluding carboxylic acids is 1. The second-order valence-corrected chi connectivity index (χ2v) is 9.72. The third kappa shape index (κ3) is 4.25. The van der Waals surface area contributed by atoms with Crippen molar-refractivity contribution >= 4 is 32.4 Å². The van der Waals surface area contributed by atoms with Crippen molar-refractivity contribution < 1.29 is 13.2 Å². The molecule has 5 nitrogen and oxygen atoms in total. The van der Waals surface area contributed by atoms with Crippen LogP contribution in [0.25, 0.3) is 10.8 Å². The minimum absolute atomic E-state index is 0.261. The molecule has 1 aliphatic heterocycles. The molecule has 0 radical (unpaired) electrons. The molecule has 156 valence electrons. The zero-order valence-electron chi connectivity index (χ0n) is 17.1. The molecule has 0 aromatic heterocycles. The van der Waals surface area contributed by atoms with Gasteiger partial charge in [0.25, 0.3) is 5.91 Å². The number of nitrogens with zero attached hydrogens (tertiary/aromatic N) is 1. The molecule has 4 rings (SSSR count). The lowest BCUT2D eigenvalue weighted by molar-refractivity contribution is 0.102. The first-order chi connectivity index (χ1) is 14.4. The Labute approximate surface area is 177 Å². The Balaban J connectivity index is 1.60. The summed E-state index contributed by atoms with van der Waals surface area (Å²) in [7, 11) is -3.59. The van der Waals surface area contributed by atoms with E-state index in [0.29, 0.717) is 29.9 Å². The van der Waals surface area contributed by atoms with Crippen LogP contribution < -0.4 is 5.32 Å². The standard InChI is InChI=1S/C24H26N2O3S/c1-18-10-13-22(17-23(18)30(28,29)26-14-6-2-3-7-15-26)25-24(27)21-12-11-19-8-4-5-9-20(19)16-21/h4-5,8-13,16-17H,2-3,6-7,14-15H2,1H3,(H,25,27). The van der Waals surface area contributed by atoms with Crippen LogP contribution in [0.5, 0.6) is 0 Å². The Morgan fingerprint density at radius 2 is 1.57 bits per heavy atom. The summed E-state index contributed by atoms with van der Waals surface area (Å²) in [5.41, 5.74) is 1.70. The van der Waals surface area contributed by atoms with E-state index >= 15 is 0 Å². The minimum Gasteiger partial charge on any atom is -0.322 e. The van der Waals surface area contributed by atoms with E-state index < -0.39 is 10.0 Å². The number of fused-ring (bicyclic) bond motifs is 1. The minimum atomic E-state index is -3.59. The molecule has 1 amide bonds. The lowest BCUT2D eigenvalue weighted by Gasteiger charge is -2.21. The average molecular weight is 423 g/mol. The number of hydrogen-bond acceptors (Lipinski definition) is 3. The van der Waals surface area contributed by atoms with Gasteiger partial charge in [-0.2, -0.15) is 4.31 Å². The van der Waals surface area contributed by atoms with Crippen molar-refractivity contribution in [3.8, 4) is 0 Å². The van der Waals surface area contributed by atoms with Crippen LogP contribution >= 0.6 is 0 Å². The number of hydrogen-bond donors (Lipinski definition) is 1. The van der Waals surface area contributed by atoms with Gasteiger partial charge in [0.2, 0.25) is 10.0 Å². The van der Waals surface area contributed by atoms with Gasteiger partial charge in [0.15, 0.2) is 0 Å². The predicted molar refractivity (Wildman–Crippen MR) is 120 cm³/mol. The quantitative estimate of drug-likeness (QED) is 0.646. The van der Waals surface area contributed by atoms with Crippen molar-refractivity contribution in [1.29, 1.82) is 0 Å². The zero-order chi connectivity index (χ0) is 21.1. The zero-order valence-corrected chi connectivity index (χ0v) is 17.9. The first-order valence-electron chi connectivity index (χ1n) is 10.4. The maximum absolute atomic E-state index is 13.2. The van der Waals surface area contributed by atoms with Gasteiger partial charge in [0.05, 0.1) is 4.90 Å².